The van der Waals surface area contributed by atoms with Crippen LogP contribution in [0, 0.1) is 0 Å². The molecule has 3 heteroatoms. The molecule has 1 atom stereocenters. The molecule has 2 rings (SSSR count). The van der Waals surface area contributed by atoms with Crippen LogP contribution in [0.2, 0.25) is 0 Å². The van der Waals surface area contributed by atoms with E-state index in [2.05, 4.69) is 49.2 Å². The maximum Gasteiger partial charge on any atom is 0.0343 e. The topological polar surface area (TPSA) is 15.3 Å². The first kappa shape index (κ1) is 18.3. The molecule has 1 aliphatic carbocycles. The zero-order chi connectivity index (χ0) is 14.4. The minimum absolute atomic E-state index is 0. The Hall–Kier alpha value is -0.730. The van der Waals surface area contributed by atoms with Gasteiger partial charge in [0.2, 0.25) is 0 Å². The molecular weight excluding hydrogens is 280 g/mol. The van der Waals surface area contributed by atoms with Gasteiger partial charge in [-0.1, -0.05) is 19.9 Å². The van der Waals surface area contributed by atoms with Crippen molar-refractivity contribution in [3.63, 3.8) is 0 Å². The monoisotopic (exact) mass is 310 g/mol. The third-order valence-corrected chi connectivity index (χ3v) is 4.33. The van der Waals surface area contributed by atoms with Crippen molar-refractivity contribution in [2.45, 2.75) is 58.9 Å². The molecule has 21 heavy (non-hydrogen) atoms. The van der Waals surface area contributed by atoms with Crippen LogP contribution in [0.25, 0.3) is 0 Å². The van der Waals surface area contributed by atoms with Crippen molar-refractivity contribution in [3.05, 3.63) is 29.3 Å². The van der Waals surface area contributed by atoms with E-state index in [-0.39, 0.29) is 12.4 Å². The van der Waals surface area contributed by atoms with E-state index in [0.717, 1.165) is 12.6 Å². The summed E-state index contributed by atoms with van der Waals surface area (Å²) in [5, 5.41) is 3.44. The molecule has 0 fully saturated rings. The van der Waals surface area contributed by atoms with Gasteiger partial charge in [-0.2, -0.15) is 0 Å². The summed E-state index contributed by atoms with van der Waals surface area (Å²) < 4.78 is 0. The van der Waals surface area contributed by atoms with Gasteiger partial charge in [0.05, 0.1) is 0 Å². The SMILES string of the molecule is CCCN(CCC)C1CCc2ccc(NCC)cc2C1.Cl. The standard InChI is InChI=1S/C18H30N2.ClH/c1-4-11-20(12-5-2)18-10-8-15-7-9-17(19-6-3)13-16(15)14-18;/h7,9,13,18-19H,4-6,8,10-12,14H2,1-3H3;1H. The Morgan fingerprint density at radius 2 is 1.81 bits per heavy atom. The van der Waals surface area contributed by atoms with Gasteiger partial charge < -0.3 is 10.2 Å². The number of hydrogen-bond acceptors (Lipinski definition) is 2. The van der Waals surface area contributed by atoms with Gasteiger partial charge in [0, 0.05) is 18.3 Å². The summed E-state index contributed by atoms with van der Waals surface area (Å²) in [4.78, 5) is 2.71. The molecule has 1 aliphatic rings. The van der Waals surface area contributed by atoms with E-state index in [9.17, 15) is 0 Å². The van der Waals surface area contributed by atoms with E-state index < -0.39 is 0 Å². The molecule has 0 heterocycles. The molecule has 2 nitrogen and oxygen atoms in total. The maximum atomic E-state index is 3.44. The van der Waals surface area contributed by atoms with Gasteiger partial charge in [-0.3, -0.25) is 0 Å². The fraction of sp³-hybridized carbons (Fsp3) is 0.667. The van der Waals surface area contributed by atoms with Crippen molar-refractivity contribution in [1.82, 2.24) is 4.90 Å². The lowest BCUT2D eigenvalue weighted by atomic mass is 9.87. The molecule has 1 aromatic carbocycles. The smallest absolute Gasteiger partial charge is 0.0343 e. The highest BCUT2D eigenvalue weighted by Crippen LogP contribution is 2.27. The lowest BCUT2D eigenvalue weighted by Crippen LogP contribution is -2.40. The number of rotatable bonds is 7. The summed E-state index contributed by atoms with van der Waals surface area (Å²) in [7, 11) is 0. The summed E-state index contributed by atoms with van der Waals surface area (Å²) in [6, 6.07) is 7.69. The van der Waals surface area contributed by atoms with E-state index in [0.29, 0.717) is 0 Å². The predicted molar refractivity (Wildman–Crippen MR) is 95.8 cm³/mol. The third kappa shape index (κ3) is 4.89. The lowest BCUT2D eigenvalue weighted by molar-refractivity contribution is 0.180. The van der Waals surface area contributed by atoms with Crippen LogP contribution in [0.4, 0.5) is 5.69 Å². The number of halogens is 1. The van der Waals surface area contributed by atoms with Gasteiger partial charge in [-0.05, 0) is 75.4 Å². The summed E-state index contributed by atoms with van der Waals surface area (Å²) >= 11 is 0. The van der Waals surface area contributed by atoms with Gasteiger partial charge in [-0.25, -0.2) is 0 Å². The van der Waals surface area contributed by atoms with E-state index in [1.54, 1.807) is 11.1 Å². The van der Waals surface area contributed by atoms with E-state index in [1.807, 2.05) is 0 Å². The largest absolute Gasteiger partial charge is 0.385 e. The number of fused-ring (bicyclic) bond motifs is 1. The number of hydrogen-bond donors (Lipinski definition) is 1. The fourth-order valence-electron chi connectivity index (χ4n) is 3.41. The molecule has 1 N–H and O–H groups in total. The van der Waals surface area contributed by atoms with Crippen LogP contribution in [0.3, 0.4) is 0 Å². The zero-order valence-corrected chi connectivity index (χ0v) is 14.6. The van der Waals surface area contributed by atoms with Crippen molar-refractivity contribution in [1.29, 1.82) is 0 Å². The Kier molecular flexibility index (Phi) is 8.13. The van der Waals surface area contributed by atoms with Crippen molar-refractivity contribution in [3.8, 4) is 0 Å². The number of anilines is 1. The number of nitrogens with one attached hydrogen (secondary N) is 1. The van der Waals surface area contributed by atoms with Crippen LogP contribution in [0.1, 0.15) is 51.2 Å². The number of aryl methyl sites for hydroxylation is 1. The second kappa shape index (κ2) is 9.32. The number of benzene rings is 1. The Labute approximate surface area is 136 Å². The highest BCUT2D eigenvalue weighted by Gasteiger charge is 2.23. The van der Waals surface area contributed by atoms with Gasteiger partial charge in [0.25, 0.3) is 0 Å². The van der Waals surface area contributed by atoms with E-state index >= 15 is 0 Å². The molecular formula is C18H31ClN2. The van der Waals surface area contributed by atoms with Crippen molar-refractivity contribution in [2.75, 3.05) is 25.0 Å². The zero-order valence-electron chi connectivity index (χ0n) is 13.8. The van der Waals surface area contributed by atoms with Gasteiger partial charge in [-0.15, -0.1) is 12.4 Å². The molecule has 0 spiro atoms. The first-order valence-corrected chi connectivity index (χ1v) is 8.38. The number of nitrogens with zero attached hydrogens (tertiary/aromatic N) is 1. The maximum absolute atomic E-state index is 3.44. The molecule has 0 aromatic heterocycles. The first-order chi connectivity index (χ1) is 9.78. The molecule has 0 saturated carbocycles. The minimum atomic E-state index is 0. The van der Waals surface area contributed by atoms with Crippen LogP contribution in [0.5, 0.6) is 0 Å². The fourth-order valence-corrected chi connectivity index (χ4v) is 3.41. The first-order valence-electron chi connectivity index (χ1n) is 8.38. The normalized spacial score (nSPS) is 17.2. The minimum Gasteiger partial charge on any atom is -0.385 e. The van der Waals surface area contributed by atoms with E-state index in [4.69, 9.17) is 0 Å². The molecule has 0 saturated heterocycles. The van der Waals surface area contributed by atoms with Crippen LogP contribution >= 0.6 is 12.4 Å². The second-order valence-corrected chi connectivity index (χ2v) is 5.95. The summed E-state index contributed by atoms with van der Waals surface area (Å²) in [6.07, 6.45) is 6.33. The second-order valence-electron chi connectivity index (χ2n) is 5.95. The molecule has 0 bridgehead atoms. The average molecular weight is 311 g/mol. The molecule has 0 radical (unpaired) electrons. The van der Waals surface area contributed by atoms with Gasteiger partial charge >= 0.3 is 0 Å². The Bertz CT molecular complexity index is 414. The Morgan fingerprint density at radius 1 is 1.10 bits per heavy atom. The van der Waals surface area contributed by atoms with Crippen LogP contribution in [-0.4, -0.2) is 30.6 Å². The quantitative estimate of drug-likeness (QED) is 0.796. The van der Waals surface area contributed by atoms with Crippen LogP contribution in [-0.2, 0) is 12.8 Å². The molecule has 1 unspecified atom stereocenters. The van der Waals surface area contributed by atoms with E-state index in [1.165, 1.54) is 50.9 Å². The van der Waals surface area contributed by atoms with Crippen LogP contribution in [0.15, 0.2) is 18.2 Å². The Balaban J connectivity index is 0.00000220. The highest BCUT2D eigenvalue weighted by atomic mass is 35.5. The Morgan fingerprint density at radius 3 is 2.43 bits per heavy atom. The molecule has 120 valence electrons. The molecule has 0 amide bonds. The summed E-state index contributed by atoms with van der Waals surface area (Å²) in [5.41, 5.74) is 4.41. The van der Waals surface area contributed by atoms with Crippen molar-refractivity contribution in [2.24, 2.45) is 0 Å². The van der Waals surface area contributed by atoms with Crippen molar-refractivity contribution < 1.29 is 0 Å². The average Bonchev–Trinajstić information content (AvgIpc) is 2.47. The predicted octanol–water partition coefficient (Wildman–Crippen LogP) is 4.52. The highest BCUT2D eigenvalue weighted by molar-refractivity contribution is 5.85. The summed E-state index contributed by atoms with van der Waals surface area (Å²) in [5.74, 6) is 0. The molecule has 0 aliphatic heterocycles. The molecule has 1 aromatic rings. The van der Waals surface area contributed by atoms with Gasteiger partial charge in [0.1, 0.15) is 0 Å². The van der Waals surface area contributed by atoms with Crippen LogP contribution < -0.4 is 5.32 Å². The van der Waals surface area contributed by atoms with Gasteiger partial charge in [0.15, 0.2) is 0 Å². The van der Waals surface area contributed by atoms with Crippen molar-refractivity contribution >= 4 is 18.1 Å². The third-order valence-electron chi connectivity index (χ3n) is 4.33. The lowest BCUT2D eigenvalue weighted by Gasteiger charge is -2.35. The summed E-state index contributed by atoms with van der Waals surface area (Å²) in [6.45, 7) is 10.2.